The summed E-state index contributed by atoms with van der Waals surface area (Å²) in [5, 5.41) is 28.5. The highest BCUT2D eigenvalue weighted by Crippen LogP contribution is 2.36. The molecule has 206 valence electrons. The molecule has 0 bridgehead atoms. The molecule has 0 atom stereocenters. The predicted molar refractivity (Wildman–Crippen MR) is 157 cm³/mol. The van der Waals surface area contributed by atoms with Gasteiger partial charge in [0.25, 0.3) is 0 Å². The number of phenols is 1. The summed E-state index contributed by atoms with van der Waals surface area (Å²) in [6.07, 6.45) is 0. The van der Waals surface area contributed by atoms with Crippen molar-refractivity contribution in [1.82, 2.24) is 0 Å². The number of benzene rings is 4. The molecule has 0 saturated carbocycles. The lowest BCUT2D eigenvalue weighted by Crippen LogP contribution is -2.01. The third-order valence-corrected chi connectivity index (χ3v) is 6.51. The van der Waals surface area contributed by atoms with Crippen molar-refractivity contribution in [1.29, 1.82) is 10.5 Å². The van der Waals surface area contributed by atoms with Gasteiger partial charge in [-0.25, -0.2) is 0 Å². The summed E-state index contributed by atoms with van der Waals surface area (Å²) < 4.78 is 10.4. The largest absolute Gasteiger partial charge is 0.507 e. The molecule has 0 aromatic heterocycles. The average molecular weight is 587 g/mol. The molecular formula is C32H24Cl2N2O5. The highest BCUT2D eigenvalue weighted by molar-refractivity contribution is 6.32. The van der Waals surface area contributed by atoms with E-state index in [-0.39, 0.29) is 34.7 Å². The number of phenolic OH excluding ortho intramolecular Hbond substituents is 1. The Balaban J connectivity index is 0.000000228. The Morgan fingerprint density at radius 2 is 1.27 bits per heavy atom. The van der Waals surface area contributed by atoms with Crippen LogP contribution in [-0.2, 0) is 4.74 Å². The zero-order valence-electron chi connectivity index (χ0n) is 22.4. The van der Waals surface area contributed by atoms with Crippen molar-refractivity contribution in [2.24, 2.45) is 0 Å². The average Bonchev–Trinajstić information content (AvgIpc) is 2.96. The molecule has 0 aliphatic heterocycles. The molecule has 1 N–H and O–H groups in total. The summed E-state index contributed by atoms with van der Waals surface area (Å²) >= 11 is 11.9. The standard InChI is InChI=1S/C17H14ClNO3.C15H10ClNO2/c1-11(20)12-4-3-5-13(6-12)15-7-14(9-19)16(18)8-17(15)22-10-21-2;1-9(18)10-3-2-4-11(5-10)13-6-12(8-17)14(16)7-15(13)19/h3-8H,10H2,1-2H3;2-7,19H,1H3. The van der Waals surface area contributed by atoms with Gasteiger partial charge in [0, 0.05) is 41.5 Å². The minimum absolute atomic E-state index is 0.0234. The van der Waals surface area contributed by atoms with E-state index in [9.17, 15) is 14.7 Å². The summed E-state index contributed by atoms with van der Waals surface area (Å²) in [5.74, 6) is 0.378. The number of hydrogen-bond donors (Lipinski definition) is 1. The van der Waals surface area contributed by atoms with Crippen LogP contribution in [0.3, 0.4) is 0 Å². The van der Waals surface area contributed by atoms with Crippen LogP contribution in [0.25, 0.3) is 22.3 Å². The molecule has 0 amide bonds. The van der Waals surface area contributed by atoms with Gasteiger partial charge in [0.05, 0.1) is 21.2 Å². The maximum absolute atomic E-state index is 11.5. The van der Waals surface area contributed by atoms with Crippen LogP contribution in [0.15, 0.2) is 72.8 Å². The molecule has 0 aliphatic carbocycles. The second kappa shape index (κ2) is 14.1. The van der Waals surface area contributed by atoms with Gasteiger partial charge in [-0.1, -0.05) is 59.6 Å². The van der Waals surface area contributed by atoms with Crippen LogP contribution in [0, 0.1) is 22.7 Å². The molecular weight excluding hydrogens is 563 g/mol. The molecule has 0 fully saturated rings. The van der Waals surface area contributed by atoms with Crippen LogP contribution in [0.1, 0.15) is 45.7 Å². The molecule has 0 aliphatic rings. The molecule has 4 aromatic carbocycles. The maximum atomic E-state index is 11.5. The van der Waals surface area contributed by atoms with Crippen molar-refractivity contribution >= 4 is 34.8 Å². The van der Waals surface area contributed by atoms with Gasteiger partial charge in [-0.15, -0.1) is 0 Å². The van der Waals surface area contributed by atoms with E-state index in [1.54, 1.807) is 54.6 Å². The number of aromatic hydroxyl groups is 1. The van der Waals surface area contributed by atoms with Crippen molar-refractivity contribution in [3.8, 4) is 45.9 Å². The zero-order valence-corrected chi connectivity index (χ0v) is 23.9. The van der Waals surface area contributed by atoms with Gasteiger partial charge >= 0.3 is 0 Å². The summed E-state index contributed by atoms with van der Waals surface area (Å²) in [6, 6.07) is 24.0. The number of ketones is 2. The number of carbonyl (C=O) groups excluding carboxylic acids is 2. The van der Waals surface area contributed by atoms with Crippen LogP contribution in [-0.4, -0.2) is 30.6 Å². The predicted octanol–water partition coefficient (Wildman–Crippen LogP) is 7.85. The van der Waals surface area contributed by atoms with E-state index < -0.39 is 0 Å². The number of carbonyl (C=O) groups is 2. The second-order valence-electron chi connectivity index (χ2n) is 8.73. The highest BCUT2D eigenvalue weighted by atomic mass is 35.5. The first-order chi connectivity index (χ1) is 19.6. The summed E-state index contributed by atoms with van der Waals surface area (Å²) in [5.41, 5.74) is 4.35. The number of nitrogens with zero attached hydrogens (tertiary/aromatic N) is 2. The van der Waals surface area contributed by atoms with Crippen molar-refractivity contribution < 1.29 is 24.2 Å². The Labute approximate surface area is 247 Å². The van der Waals surface area contributed by atoms with Crippen LogP contribution >= 0.6 is 23.2 Å². The lowest BCUT2D eigenvalue weighted by atomic mass is 9.99. The first-order valence-electron chi connectivity index (χ1n) is 12.1. The molecule has 0 saturated heterocycles. The Kier molecular flexibility index (Phi) is 10.6. The van der Waals surface area contributed by atoms with E-state index in [1.807, 2.05) is 18.2 Å². The molecule has 0 unspecified atom stereocenters. The maximum Gasteiger partial charge on any atom is 0.188 e. The third-order valence-electron chi connectivity index (χ3n) is 5.89. The smallest absolute Gasteiger partial charge is 0.188 e. The molecule has 0 heterocycles. The Morgan fingerprint density at radius 3 is 1.76 bits per heavy atom. The molecule has 41 heavy (non-hydrogen) atoms. The SMILES string of the molecule is CC(=O)c1cccc(-c2cc(C#N)c(Cl)cc2O)c1.COCOc1cc(Cl)c(C#N)cc1-c1cccc(C(C)=O)c1. The summed E-state index contributed by atoms with van der Waals surface area (Å²) in [6.45, 7) is 3.03. The van der Waals surface area contributed by atoms with Crippen LogP contribution in [0.4, 0.5) is 0 Å². The van der Waals surface area contributed by atoms with Crippen molar-refractivity contribution in [2.75, 3.05) is 13.9 Å². The zero-order chi connectivity index (χ0) is 30.1. The molecule has 0 radical (unpaired) electrons. The summed E-state index contributed by atoms with van der Waals surface area (Å²) in [4.78, 5) is 22.9. The normalized spacial score (nSPS) is 10.0. The fraction of sp³-hybridized carbons (Fsp3) is 0.125. The quantitative estimate of drug-likeness (QED) is 0.173. The molecule has 4 rings (SSSR count). The van der Waals surface area contributed by atoms with Gasteiger partial charge in [-0.3, -0.25) is 9.59 Å². The lowest BCUT2D eigenvalue weighted by molar-refractivity contribution is 0.0515. The van der Waals surface area contributed by atoms with E-state index in [1.165, 1.54) is 33.1 Å². The number of hydrogen-bond acceptors (Lipinski definition) is 7. The minimum Gasteiger partial charge on any atom is -0.507 e. The fourth-order valence-electron chi connectivity index (χ4n) is 3.80. The van der Waals surface area contributed by atoms with Gasteiger partial charge in [0.1, 0.15) is 23.6 Å². The molecule has 4 aromatic rings. The lowest BCUT2D eigenvalue weighted by Gasteiger charge is -2.13. The van der Waals surface area contributed by atoms with E-state index in [4.69, 9.17) is 43.2 Å². The number of rotatable bonds is 7. The van der Waals surface area contributed by atoms with Crippen molar-refractivity contribution in [2.45, 2.75) is 13.8 Å². The second-order valence-corrected chi connectivity index (χ2v) is 9.54. The van der Waals surface area contributed by atoms with E-state index in [0.717, 1.165) is 5.56 Å². The van der Waals surface area contributed by atoms with Crippen molar-refractivity contribution in [3.63, 3.8) is 0 Å². The number of Topliss-reactive ketones (excluding diaryl/α,β-unsaturated/α-hetero) is 2. The van der Waals surface area contributed by atoms with Gasteiger partial charge in [0.15, 0.2) is 18.4 Å². The van der Waals surface area contributed by atoms with Crippen LogP contribution < -0.4 is 4.74 Å². The molecule has 7 nitrogen and oxygen atoms in total. The Hall–Kier alpha value is -4.66. The van der Waals surface area contributed by atoms with Gasteiger partial charge in [-0.2, -0.15) is 10.5 Å². The van der Waals surface area contributed by atoms with Gasteiger partial charge in [0.2, 0.25) is 0 Å². The monoisotopic (exact) mass is 586 g/mol. The van der Waals surface area contributed by atoms with E-state index in [0.29, 0.717) is 44.2 Å². The van der Waals surface area contributed by atoms with Crippen molar-refractivity contribution in [3.05, 3.63) is 105 Å². The fourth-order valence-corrected chi connectivity index (χ4v) is 4.20. The number of methoxy groups -OCH3 is 1. The summed E-state index contributed by atoms with van der Waals surface area (Å²) in [7, 11) is 1.52. The highest BCUT2D eigenvalue weighted by Gasteiger charge is 2.14. The number of ether oxygens (including phenoxy) is 2. The number of nitriles is 2. The Morgan fingerprint density at radius 1 is 0.780 bits per heavy atom. The van der Waals surface area contributed by atoms with Crippen LogP contribution in [0.5, 0.6) is 11.5 Å². The Bertz CT molecular complexity index is 1700. The third kappa shape index (κ3) is 7.72. The van der Waals surface area contributed by atoms with E-state index in [2.05, 4.69) is 0 Å². The van der Waals surface area contributed by atoms with Crippen LogP contribution in [0.2, 0.25) is 10.0 Å². The topological polar surface area (TPSA) is 120 Å². The number of halogens is 2. The molecule has 0 spiro atoms. The first kappa shape index (κ1) is 30.9. The van der Waals surface area contributed by atoms with E-state index >= 15 is 0 Å². The van der Waals surface area contributed by atoms with Gasteiger partial charge < -0.3 is 14.6 Å². The minimum atomic E-state index is -0.0594. The first-order valence-corrected chi connectivity index (χ1v) is 12.9. The van der Waals surface area contributed by atoms with Gasteiger partial charge in [-0.05, 0) is 49.2 Å². The molecule has 9 heteroatoms.